The third-order valence-electron chi connectivity index (χ3n) is 13.3. The number of rotatable bonds is 9. The van der Waals surface area contributed by atoms with E-state index in [2.05, 4.69) is 218 Å². The first-order valence-corrected chi connectivity index (χ1v) is 23.2. The lowest BCUT2D eigenvalue weighted by Gasteiger charge is -2.32. The molecule has 2 nitrogen and oxygen atoms in total. The minimum atomic E-state index is 0.0142. The molecule has 2 unspecified atom stereocenters. The highest BCUT2D eigenvalue weighted by Crippen LogP contribution is 2.56. The Morgan fingerprint density at radius 2 is 1.49 bits per heavy atom. The maximum atomic E-state index is 5.53. The van der Waals surface area contributed by atoms with E-state index in [9.17, 15) is 0 Å². The van der Waals surface area contributed by atoms with Crippen LogP contribution in [-0.2, 0) is 5.41 Å². The molecule has 3 aliphatic rings. The summed E-state index contributed by atoms with van der Waals surface area (Å²) in [5, 5.41) is 2.35. The van der Waals surface area contributed by atoms with Gasteiger partial charge in [-0.2, -0.15) is 0 Å². The van der Waals surface area contributed by atoms with Crippen molar-refractivity contribution in [2.75, 3.05) is 0 Å². The maximum absolute atomic E-state index is 5.53. The third kappa shape index (κ3) is 8.43. The largest absolute Gasteiger partial charge is 0.237 e. The van der Waals surface area contributed by atoms with Crippen molar-refractivity contribution >= 4 is 45.1 Å². The van der Waals surface area contributed by atoms with E-state index in [1.54, 1.807) is 11.3 Å². The van der Waals surface area contributed by atoms with Crippen LogP contribution in [0, 0.1) is 5.92 Å². The number of nitrogens with zero attached hydrogens (tertiary/aromatic N) is 2. The van der Waals surface area contributed by atoms with E-state index in [4.69, 9.17) is 9.98 Å². The van der Waals surface area contributed by atoms with Crippen LogP contribution in [0.25, 0.3) is 44.5 Å². The second-order valence-electron chi connectivity index (χ2n) is 17.8. The second-order valence-corrected chi connectivity index (χ2v) is 18.9. The van der Waals surface area contributed by atoms with Crippen LogP contribution >= 0.6 is 11.3 Å². The van der Waals surface area contributed by atoms with Crippen LogP contribution in [0.3, 0.4) is 0 Å². The van der Waals surface area contributed by atoms with Crippen LogP contribution < -0.4 is 9.75 Å². The van der Waals surface area contributed by atoms with Gasteiger partial charge in [0.05, 0.1) is 5.70 Å². The Kier molecular flexibility index (Phi) is 11.8. The first kappa shape index (κ1) is 41.9. The summed E-state index contributed by atoms with van der Waals surface area (Å²) in [6, 6.07) is 45.8. The summed E-state index contributed by atoms with van der Waals surface area (Å²) in [4.78, 5) is 10.9. The molecule has 5 aromatic carbocycles. The number of aliphatic imine (C=N–C) groups is 2. The Balaban J connectivity index is 1.19. The summed E-state index contributed by atoms with van der Waals surface area (Å²) in [7, 11) is 0. The van der Waals surface area contributed by atoms with Crippen molar-refractivity contribution < 1.29 is 0 Å². The molecule has 0 aliphatic heterocycles. The summed E-state index contributed by atoms with van der Waals surface area (Å²) >= 11 is 1.80. The quantitative estimate of drug-likeness (QED) is 0.102. The molecular formula is C60H56N2S. The molecule has 9 rings (SSSR count). The molecule has 6 aromatic rings. The Hall–Kier alpha value is -6.42. The van der Waals surface area contributed by atoms with Crippen molar-refractivity contribution in [2.45, 2.75) is 72.1 Å². The van der Waals surface area contributed by atoms with E-state index in [0.29, 0.717) is 24.0 Å². The van der Waals surface area contributed by atoms with Crippen LogP contribution in [-0.4, -0.2) is 11.5 Å². The van der Waals surface area contributed by atoms with Crippen molar-refractivity contribution in [1.82, 2.24) is 0 Å². The molecule has 3 aliphatic carbocycles. The maximum Gasteiger partial charge on any atom is 0.133 e. The average Bonchev–Trinajstić information content (AvgIpc) is 3.76. The Morgan fingerprint density at radius 1 is 0.825 bits per heavy atom. The predicted molar refractivity (Wildman–Crippen MR) is 273 cm³/mol. The number of benzene rings is 5. The monoisotopic (exact) mass is 836 g/mol. The van der Waals surface area contributed by atoms with Gasteiger partial charge in [0.2, 0.25) is 0 Å². The molecule has 2 atom stereocenters. The zero-order valence-electron chi connectivity index (χ0n) is 37.5. The predicted octanol–water partition coefficient (Wildman–Crippen LogP) is 14.8. The van der Waals surface area contributed by atoms with Gasteiger partial charge in [0.1, 0.15) is 5.84 Å². The third-order valence-corrected chi connectivity index (χ3v) is 14.5. The zero-order valence-corrected chi connectivity index (χ0v) is 38.3. The highest BCUT2D eigenvalue weighted by atomic mass is 32.1. The van der Waals surface area contributed by atoms with Crippen LogP contribution in [0.15, 0.2) is 208 Å². The standard InChI is InChI=1S/C60H56N2S/c1-8-9-30-58-54(50-27-17-19-31-57(50)63-58)33-41(4)61-59(62-42(5)45-34-46(43-22-12-10-13-23-43)36-47(35-45)44-24-14-11-15-25-44)38-52-39(2)21-20-28-48(52)51-37-53-49-26-16-18-29-55(49)60(6,7)56(53)32-40(51)3/h8-20,22-36,39,53H,4,21,37-38H2,1-3,5-7H3/b9-8-,54-33?,58-30+,61-59?,62-42?. The van der Waals surface area contributed by atoms with Gasteiger partial charge in [0, 0.05) is 43.3 Å². The summed E-state index contributed by atoms with van der Waals surface area (Å²) in [6.07, 6.45) is 18.4. The van der Waals surface area contributed by atoms with Crippen molar-refractivity contribution in [3.63, 3.8) is 0 Å². The smallest absolute Gasteiger partial charge is 0.133 e. The molecule has 1 heterocycles. The van der Waals surface area contributed by atoms with Crippen molar-refractivity contribution in [3.8, 4) is 22.3 Å². The van der Waals surface area contributed by atoms with E-state index in [1.165, 1.54) is 64.7 Å². The molecule has 0 saturated heterocycles. The van der Waals surface area contributed by atoms with E-state index in [0.717, 1.165) is 46.3 Å². The molecular weight excluding hydrogens is 781 g/mol. The van der Waals surface area contributed by atoms with Crippen molar-refractivity contribution in [2.24, 2.45) is 15.9 Å². The highest BCUT2D eigenvalue weighted by molar-refractivity contribution is 7.17. The van der Waals surface area contributed by atoms with Gasteiger partial charge in [0.25, 0.3) is 0 Å². The van der Waals surface area contributed by atoms with Gasteiger partial charge in [-0.15, -0.1) is 11.3 Å². The zero-order chi connectivity index (χ0) is 43.7. The SMILES string of the molecule is C=C(C=c1/c(=C\C=C/C)sc2ccccc12)N=C(CC1=C(C2=C(C)C=C3C(C2)c2ccccc2C3(C)C)C=CCC1C)N=C(C)c1cc(-c2ccccc2)cc(-c2ccccc2)c1. The molecule has 63 heavy (non-hydrogen) atoms. The molecule has 0 saturated carbocycles. The van der Waals surface area contributed by atoms with Crippen LogP contribution in [0.5, 0.6) is 0 Å². The van der Waals surface area contributed by atoms with E-state index < -0.39 is 0 Å². The lowest BCUT2D eigenvalue weighted by atomic mass is 9.72. The molecule has 312 valence electrons. The molecule has 0 radical (unpaired) electrons. The molecule has 1 aromatic heterocycles. The van der Waals surface area contributed by atoms with Crippen LogP contribution in [0.2, 0.25) is 0 Å². The lowest BCUT2D eigenvalue weighted by Crippen LogP contribution is -2.20. The Labute approximate surface area is 377 Å². The van der Waals surface area contributed by atoms with Gasteiger partial charge in [-0.3, -0.25) is 0 Å². The summed E-state index contributed by atoms with van der Waals surface area (Å²) in [5.74, 6) is 1.47. The minimum Gasteiger partial charge on any atom is -0.237 e. The number of hydrogen-bond donors (Lipinski definition) is 0. The van der Waals surface area contributed by atoms with Crippen molar-refractivity contribution in [1.29, 1.82) is 0 Å². The molecule has 0 N–H and O–H groups in total. The topological polar surface area (TPSA) is 24.7 Å². The highest BCUT2D eigenvalue weighted by Gasteiger charge is 2.43. The normalized spacial score (nSPS) is 19.3. The first-order chi connectivity index (χ1) is 30.6. The molecule has 0 bridgehead atoms. The summed E-state index contributed by atoms with van der Waals surface area (Å²) in [6.45, 7) is 18.3. The van der Waals surface area contributed by atoms with Crippen LogP contribution in [0.4, 0.5) is 0 Å². The Bertz CT molecular complexity index is 3050. The fourth-order valence-electron chi connectivity index (χ4n) is 9.97. The van der Waals surface area contributed by atoms with Gasteiger partial charge < -0.3 is 0 Å². The second kappa shape index (κ2) is 17.8. The van der Waals surface area contributed by atoms with E-state index in [1.807, 2.05) is 0 Å². The summed E-state index contributed by atoms with van der Waals surface area (Å²) < 4.78 is 2.44. The first-order valence-electron chi connectivity index (χ1n) is 22.4. The Morgan fingerprint density at radius 3 is 2.21 bits per heavy atom. The lowest BCUT2D eigenvalue weighted by molar-refractivity contribution is 0.603. The van der Waals surface area contributed by atoms with E-state index in [-0.39, 0.29) is 5.41 Å². The van der Waals surface area contributed by atoms with Gasteiger partial charge in [-0.1, -0.05) is 172 Å². The number of allylic oxidation sites excluding steroid dienone is 10. The van der Waals surface area contributed by atoms with Gasteiger partial charge >= 0.3 is 0 Å². The molecule has 0 spiro atoms. The number of amidine groups is 1. The summed E-state index contributed by atoms with van der Waals surface area (Å²) in [5.41, 5.74) is 17.4. The van der Waals surface area contributed by atoms with Gasteiger partial charge in [-0.25, -0.2) is 9.98 Å². The number of thiophene rings is 1. The molecule has 3 heteroatoms. The van der Waals surface area contributed by atoms with Crippen LogP contribution in [0.1, 0.15) is 83.4 Å². The number of fused-ring (bicyclic) bond motifs is 4. The average molecular weight is 837 g/mol. The molecule has 0 fully saturated rings. The van der Waals surface area contributed by atoms with Crippen molar-refractivity contribution in [3.05, 3.63) is 224 Å². The molecule has 0 amide bonds. The van der Waals surface area contributed by atoms with Gasteiger partial charge in [0.15, 0.2) is 0 Å². The van der Waals surface area contributed by atoms with Gasteiger partial charge in [-0.05, 0) is 132 Å². The minimum absolute atomic E-state index is 0.0142. The number of hydrogen-bond acceptors (Lipinski definition) is 2. The fraction of sp³-hybridized carbons (Fsp3) is 0.200. The van der Waals surface area contributed by atoms with E-state index >= 15 is 0 Å². The fourth-order valence-corrected chi connectivity index (χ4v) is 11.1.